The van der Waals surface area contributed by atoms with Crippen LogP contribution in [0.5, 0.6) is 17.2 Å². The van der Waals surface area contributed by atoms with Gasteiger partial charge in [0.05, 0.1) is 21.3 Å². The van der Waals surface area contributed by atoms with Crippen LogP contribution in [-0.2, 0) is 0 Å². The number of benzene rings is 2. The zero-order chi connectivity index (χ0) is 21.0. The lowest BCUT2D eigenvalue weighted by molar-refractivity contribution is 0.208. The molecule has 0 saturated carbocycles. The molecule has 1 aliphatic rings. The van der Waals surface area contributed by atoms with Crippen molar-refractivity contribution in [1.82, 2.24) is 4.90 Å². The number of amides is 2. The molecule has 0 aliphatic carbocycles. The molecule has 0 radical (unpaired) electrons. The standard InChI is InChI=1S/C22H29N3O4/c1-15-10-16(2)12-17(11-15)23-22(26)25-8-6-24(7-9-25)18-13-19(27-3)21(29-5)20(14-18)28-4/h10-14H,6-9H2,1-5H3,(H,23,26). The average Bonchev–Trinajstić information content (AvgIpc) is 2.71. The zero-order valence-corrected chi connectivity index (χ0v) is 17.7. The minimum absolute atomic E-state index is 0.0699. The molecule has 0 unspecified atom stereocenters. The average molecular weight is 399 g/mol. The van der Waals surface area contributed by atoms with Gasteiger partial charge in [-0.2, -0.15) is 0 Å². The highest BCUT2D eigenvalue weighted by atomic mass is 16.5. The quantitative estimate of drug-likeness (QED) is 0.831. The Hall–Kier alpha value is -3.09. The van der Waals surface area contributed by atoms with Crippen molar-refractivity contribution < 1.29 is 19.0 Å². The number of nitrogens with one attached hydrogen (secondary N) is 1. The van der Waals surface area contributed by atoms with Crippen LogP contribution in [0.3, 0.4) is 0 Å². The van der Waals surface area contributed by atoms with Gasteiger partial charge < -0.3 is 29.3 Å². The third-order valence-corrected chi connectivity index (χ3v) is 5.05. The molecule has 1 saturated heterocycles. The minimum Gasteiger partial charge on any atom is -0.493 e. The monoisotopic (exact) mass is 399 g/mol. The second-order valence-corrected chi connectivity index (χ2v) is 7.16. The first-order chi connectivity index (χ1) is 13.9. The molecule has 1 N–H and O–H groups in total. The van der Waals surface area contributed by atoms with Gasteiger partial charge >= 0.3 is 6.03 Å². The van der Waals surface area contributed by atoms with Crippen LogP contribution < -0.4 is 24.4 Å². The summed E-state index contributed by atoms with van der Waals surface area (Å²) in [5, 5.41) is 3.01. The van der Waals surface area contributed by atoms with Crippen LogP contribution in [0.25, 0.3) is 0 Å². The highest BCUT2D eigenvalue weighted by Crippen LogP contribution is 2.41. The van der Waals surface area contributed by atoms with Crippen molar-refractivity contribution >= 4 is 17.4 Å². The number of piperazine rings is 1. The van der Waals surface area contributed by atoms with E-state index in [1.165, 1.54) is 0 Å². The Balaban J connectivity index is 1.66. The third kappa shape index (κ3) is 4.67. The maximum atomic E-state index is 12.7. The first kappa shape index (κ1) is 20.6. The van der Waals surface area contributed by atoms with Crippen LogP contribution in [0.15, 0.2) is 30.3 Å². The maximum absolute atomic E-state index is 12.7. The van der Waals surface area contributed by atoms with Crippen molar-refractivity contribution in [2.75, 3.05) is 57.7 Å². The van der Waals surface area contributed by atoms with Crippen molar-refractivity contribution in [2.24, 2.45) is 0 Å². The van der Waals surface area contributed by atoms with E-state index < -0.39 is 0 Å². The van der Waals surface area contributed by atoms with Gasteiger partial charge in [0.15, 0.2) is 11.5 Å². The molecular formula is C22H29N3O4. The molecule has 3 rings (SSSR count). The van der Waals surface area contributed by atoms with Crippen molar-refractivity contribution in [3.63, 3.8) is 0 Å². The Kier molecular flexibility index (Phi) is 6.36. The molecule has 0 aromatic heterocycles. The van der Waals surface area contributed by atoms with Crippen molar-refractivity contribution in [3.8, 4) is 17.2 Å². The lowest BCUT2D eigenvalue weighted by Gasteiger charge is -2.36. The van der Waals surface area contributed by atoms with Crippen molar-refractivity contribution in [1.29, 1.82) is 0 Å². The van der Waals surface area contributed by atoms with E-state index in [0.717, 1.165) is 35.6 Å². The van der Waals surface area contributed by atoms with E-state index in [-0.39, 0.29) is 6.03 Å². The van der Waals surface area contributed by atoms with Crippen LogP contribution in [0, 0.1) is 13.8 Å². The van der Waals surface area contributed by atoms with E-state index in [9.17, 15) is 4.79 Å². The number of carbonyl (C=O) groups excluding carboxylic acids is 1. The fraction of sp³-hybridized carbons (Fsp3) is 0.409. The normalized spacial score (nSPS) is 13.8. The van der Waals surface area contributed by atoms with Crippen LogP contribution in [0.2, 0.25) is 0 Å². The molecule has 1 heterocycles. The molecule has 7 heteroatoms. The molecule has 7 nitrogen and oxygen atoms in total. The predicted octanol–water partition coefficient (Wildman–Crippen LogP) is 3.68. The Morgan fingerprint density at radius 1 is 0.828 bits per heavy atom. The highest BCUT2D eigenvalue weighted by molar-refractivity contribution is 5.89. The minimum atomic E-state index is -0.0699. The van der Waals surface area contributed by atoms with Gasteiger partial charge in [-0.25, -0.2) is 4.79 Å². The van der Waals surface area contributed by atoms with Gasteiger partial charge in [0.1, 0.15) is 0 Å². The molecule has 1 aliphatic heterocycles. The molecule has 2 aromatic carbocycles. The zero-order valence-electron chi connectivity index (χ0n) is 17.7. The molecule has 156 valence electrons. The number of anilines is 2. The summed E-state index contributed by atoms with van der Waals surface area (Å²) in [6, 6.07) is 9.86. The van der Waals surface area contributed by atoms with Crippen LogP contribution in [-0.4, -0.2) is 58.4 Å². The first-order valence-electron chi connectivity index (χ1n) is 9.64. The van der Waals surface area contributed by atoms with Crippen LogP contribution in [0.4, 0.5) is 16.2 Å². The number of carbonyl (C=O) groups is 1. The maximum Gasteiger partial charge on any atom is 0.321 e. The number of ether oxygens (including phenoxy) is 3. The van der Waals surface area contributed by atoms with E-state index >= 15 is 0 Å². The number of rotatable bonds is 5. The summed E-state index contributed by atoms with van der Waals surface area (Å²) in [4.78, 5) is 16.7. The largest absolute Gasteiger partial charge is 0.493 e. The van der Waals surface area contributed by atoms with Gasteiger partial charge in [-0.1, -0.05) is 6.07 Å². The second kappa shape index (κ2) is 8.94. The fourth-order valence-corrected chi connectivity index (χ4v) is 3.67. The number of hydrogen-bond acceptors (Lipinski definition) is 5. The summed E-state index contributed by atoms with van der Waals surface area (Å²) in [6.45, 7) is 6.76. The van der Waals surface area contributed by atoms with Gasteiger partial charge in [-0.3, -0.25) is 0 Å². The number of methoxy groups -OCH3 is 3. The first-order valence-corrected chi connectivity index (χ1v) is 9.64. The summed E-state index contributed by atoms with van der Waals surface area (Å²) in [6.07, 6.45) is 0. The van der Waals surface area contributed by atoms with E-state index in [2.05, 4.69) is 16.3 Å². The Morgan fingerprint density at radius 3 is 1.86 bits per heavy atom. The van der Waals surface area contributed by atoms with Crippen molar-refractivity contribution in [3.05, 3.63) is 41.5 Å². The lowest BCUT2D eigenvalue weighted by Crippen LogP contribution is -2.50. The molecule has 2 aromatic rings. The molecule has 1 fully saturated rings. The Morgan fingerprint density at radius 2 is 1.38 bits per heavy atom. The van der Waals surface area contributed by atoms with Gasteiger partial charge in [0.25, 0.3) is 0 Å². The lowest BCUT2D eigenvalue weighted by atomic mass is 10.1. The number of nitrogens with zero attached hydrogens (tertiary/aromatic N) is 2. The Labute approximate surface area is 172 Å². The summed E-state index contributed by atoms with van der Waals surface area (Å²) >= 11 is 0. The summed E-state index contributed by atoms with van der Waals surface area (Å²) in [5.74, 6) is 1.82. The molecule has 29 heavy (non-hydrogen) atoms. The molecule has 0 spiro atoms. The molecule has 0 bridgehead atoms. The molecule has 0 atom stereocenters. The highest BCUT2D eigenvalue weighted by Gasteiger charge is 2.23. The van der Waals surface area contributed by atoms with Gasteiger partial charge in [-0.15, -0.1) is 0 Å². The summed E-state index contributed by atoms with van der Waals surface area (Å²) in [7, 11) is 4.81. The number of aryl methyl sites for hydroxylation is 2. The van der Waals surface area contributed by atoms with E-state index in [4.69, 9.17) is 14.2 Å². The predicted molar refractivity (Wildman–Crippen MR) is 115 cm³/mol. The number of hydrogen-bond donors (Lipinski definition) is 1. The second-order valence-electron chi connectivity index (χ2n) is 7.16. The number of urea groups is 1. The SMILES string of the molecule is COc1cc(N2CCN(C(=O)Nc3cc(C)cc(C)c3)CC2)cc(OC)c1OC. The van der Waals surface area contributed by atoms with Crippen LogP contribution >= 0.6 is 0 Å². The summed E-state index contributed by atoms with van der Waals surface area (Å²) in [5.41, 5.74) is 4.08. The molecular weight excluding hydrogens is 370 g/mol. The Bertz CT molecular complexity index is 831. The molecule has 2 amide bonds. The van der Waals surface area contributed by atoms with Gasteiger partial charge in [0.2, 0.25) is 5.75 Å². The van der Waals surface area contributed by atoms with Crippen LogP contribution in [0.1, 0.15) is 11.1 Å². The smallest absolute Gasteiger partial charge is 0.321 e. The van der Waals surface area contributed by atoms with E-state index in [1.54, 1.807) is 21.3 Å². The van der Waals surface area contributed by atoms with Gasteiger partial charge in [-0.05, 0) is 37.1 Å². The van der Waals surface area contributed by atoms with Gasteiger partial charge in [0, 0.05) is 49.7 Å². The third-order valence-electron chi connectivity index (χ3n) is 5.05. The topological polar surface area (TPSA) is 63.3 Å². The van der Waals surface area contributed by atoms with E-state index in [1.807, 2.05) is 43.0 Å². The fourth-order valence-electron chi connectivity index (χ4n) is 3.67. The van der Waals surface area contributed by atoms with E-state index in [0.29, 0.717) is 30.3 Å². The summed E-state index contributed by atoms with van der Waals surface area (Å²) < 4.78 is 16.3. The van der Waals surface area contributed by atoms with Crippen molar-refractivity contribution in [2.45, 2.75) is 13.8 Å².